The van der Waals surface area contributed by atoms with E-state index in [0.29, 0.717) is 6.42 Å². The SMILES string of the molecule is C=CCCCNCCCCCCNCCCCC(=O)O. The highest BCUT2D eigenvalue weighted by Crippen LogP contribution is 1.99. The van der Waals surface area contributed by atoms with E-state index in [1.54, 1.807) is 0 Å². The van der Waals surface area contributed by atoms with Crippen LogP contribution in [-0.2, 0) is 4.79 Å². The molecule has 0 heterocycles. The number of rotatable bonds is 16. The Morgan fingerprint density at radius 1 is 0.850 bits per heavy atom. The van der Waals surface area contributed by atoms with Crippen molar-refractivity contribution in [3.63, 3.8) is 0 Å². The van der Waals surface area contributed by atoms with Gasteiger partial charge in [0.25, 0.3) is 0 Å². The van der Waals surface area contributed by atoms with Crippen molar-refractivity contribution in [2.45, 2.75) is 57.8 Å². The van der Waals surface area contributed by atoms with Gasteiger partial charge in [0, 0.05) is 6.42 Å². The first-order valence-corrected chi connectivity index (χ1v) is 8.01. The van der Waals surface area contributed by atoms with E-state index in [1.165, 1.54) is 32.1 Å². The van der Waals surface area contributed by atoms with Crippen molar-refractivity contribution in [1.82, 2.24) is 10.6 Å². The maximum absolute atomic E-state index is 10.3. The number of carbonyl (C=O) groups is 1. The first kappa shape index (κ1) is 19.1. The summed E-state index contributed by atoms with van der Waals surface area (Å²) in [4.78, 5) is 10.3. The van der Waals surface area contributed by atoms with E-state index in [2.05, 4.69) is 17.2 Å². The standard InChI is InChI=1S/C16H32N2O2/c1-2-3-7-12-17-13-8-4-5-9-14-18-15-10-6-11-16(19)20/h2,17-18H,1,3-15H2,(H,19,20). The monoisotopic (exact) mass is 284 g/mol. The molecule has 0 amide bonds. The van der Waals surface area contributed by atoms with Gasteiger partial charge < -0.3 is 15.7 Å². The average Bonchev–Trinajstić information content (AvgIpc) is 2.43. The van der Waals surface area contributed by atoms with Crippen molar-refractivity contribution < 1.29 is 9.90 Å². The van der Waals surface area contributed by atoms with E-state index in [0.717, 1.165) is 45.4 Å². The molecule has 0 fully saturated rings. The number of hydrogen-bond donors (Lipinski definition) is 3. The molecule has 0 bridgehead atoms. The third-order valence-corrected chi connectivity index (χ3v) is 3.21. The Hall–Kier alpha value is -0.870. The van der Waals surface area contributed by atoms with Crippen LogP contribution in [-0.4, -0.2) is 37.3 Å². The lowest BCUT2D eigenvalue weighted by molar-refractivity contribution is -0.137. The third-order valence-electron chi connectivity index (χ3n) is 3.21. The van der Waals surface area contributed by atoms with Crippen molar-refractivity contribution in [1.29, 1.82) is 0 Å². The molecule has 20 heavy (non-hydrogen) atoms. The highest BCUT2D eigenvalue weighted by atomic mass is 16.4. The minimum atomic E-state index is -0.692. The largest absolute Gasteiger partial charge is 0.481 e. The fourth-order valence-corrected chi connectivity index (χ4v) is 2.00. The first-order valence-electron chi connectivity index (χ1n) is 8.01. The first-order chi connectivity index (χ1) is 9.77. The molecule has 4 heteroatoms. The van der Waals surface area contributed by atoms with E-state index >= 15 is 0 Å². The summed E-state index contributed by atoms with van der Waals surface area (Å²) in [7, 11) is 0. The van der Waals surface area contributed by atoms with E-state index in [9.17, 15) is 4.79 Å². The van der Waals surface area contributed by atoms with Crippen molar-refractivity contribution in [3.05, 3.63) is 12.7 Å². The highest BCUT2D eigenvalue weighted by Gasteiger charge is 1.96. The summed E-state index contributed by atoms with van der Waals surface area (Å²) in [5.74, 6) is -0.692. The molecular weight excluding hydrogens is 252 g/mol. The van der Waals surface area contributed by atoms with Crippen LogP contribution in [0.15, 0.2) is 12.7 Å². The number of allylic oxidation sites excluding steroid dienone is 1. The van der Waals surface area contributed by atoms with Gasteiger partial charge in [-0.2, -0.15) is 0 Å². The molecule has 0 unspecified atom stereocenters. The molecule has 0 aliphatic carbocycles. The molecule has 0 aromatic carbocycles. The molecular formula is C16H32N2O2. The molecule has 0 radical (unpaired) electrons. The molecule has 0 saturated heterocycles. The van der Waals surface area contributed by atoms with Gasteiger partial charge in [0.05, 0.1) is 0 Å². The smallest absolute Gasteiger partial charge is 0.303 e. The number of unbranched alkanes of at least 4 members (excludes halogenated alkanes) is 5. The minimum absolute atomic E-state index is 0.293. The molecule has 0 aromatic heterocycles. The lowest BCUT2D eigenvalue weighted by Crippen LogP contribution is -2.18. The average molecular weight is 284 g/mol. The summed E-state index contributed by atoms with van der Waals surface area (Å²) < 4.78 is 0. The lowest BCUT2D eigenvalue weighted by atomic mass is 10.2. The van der Waals surface area contributed by atoms with Crippen molar-refractivity contribution in [2.24, 2.45) is 0 Å². The summed E-state index contributed by atoms with van der Waals surface area (Å²) in [5.41, 5.74) is 0. The Labute approximate surface area is 124 Å². The Bertz CT molecular complexity index is 233. The fraction of sp³-hybridized carbons (Fsp3) is 0.812. The predicted octanol–water partition coefficient (Wildman–Crippen LogP) is 2.95. The van der Waals surface area contributed by atoms with Crippen LogP contribution < -0.4 is 10.6 Å². The number of aliphatic carboxylic acids is 1. The topological polar surface area (TPSA) is 61.4 Å². The second-order valence-corrected chi connectivity index (χ2v) is 5.20. The van der Waals surface area contributed by atoms with E-state index in [-0.39, 0.29) is 0 Å². The Balaban J connectivity index is 2.95. The second-order valence-electron chi connectivity index (χ2n) is 5.20. The highest BCUT2D eigenvalue weighted by molar-refractivity contribution is 5.66. The second kappa shape index (κ2) is 16.2. The van der Waals surface area contributed by atoms with Gasteiger partial charge in [-0.05, 0) is 64.7 Å². The third kappa shape index (κ3) is 17.1. The Morgan fingerprint density at radius 3 is 1.85 bits per heavy atom. The quantitative estimate of drug-likeness (QED) is 0.301. The zero-order chi connectivity index (χ0) is 14.9. The van der Waals surface area contributed by atoms with Gasteiger partial charge in [-0.15, -0.1) is 6.58 Å². The zero-order valence-corrected chi connectivity index (χ0v) is 12.8. The lowest BCUT2D eigenvalue weighted by Gasteiger charge is -2.05. The normalized spacial score (nSPS) is 10.6. The number of nitrogens with one attached hydrogen (secondary N) is 2. The molecule has 0 aliphatic heterocycles. The number of hydrogen-bond acceptors (Lipinski definition) is 3. The van der Waals surface area contributed by atoms with Gasteiger partial charge in [0.15, 0.2) is 0 Å². The maximum Gasteiger partial charge on any atom is 0.303 e. The molecule has 4 nitrogen and oxygen atoms in total. The van der Waals surface area contributed by atoms with Crippen molar-refractivity contribution >= 4 is 5.97 Å². The van der Waals surface area contributed by atoms with Gasteiger partial charge in [0.1, 0.15) is 0 Å². The van der Waals surface area contributed by atoms with E-state index < -0.39 is 5.97 Å². The number of carboxylic acid groups (broad SMARTS) is 1. The molecule has 0 aromatic rings. The van der Waals surface area contributed by atoms with Gasteiger partial charge in [-0.1, -0.05) is 18.9 Å². The molecule has 3 N–H and O–H groups in total. The van der Waals surface area contributed by atoms with E-state index in [4.69, 9.17) is 5.11 Å². The van der Waals surface area contributed by atoms with Crippen LogP contribution in [0.5, 0.6) is 0 Å². The van der Waals surface area contributed by atoms with Crippen LogP contribution in [0.3, 0.4) is 0 Å². The summed E-state index contributed by atoms with van der Waals surface area (Å²) >= 11 is 0. The van der Waals surface area contributed by atoms with Gasteiger partial charge >= 0.3 is 5.97 Å². The zero-order valence-electron chi connectivity index (χ0n) is 12.8. The Kier molecular flexibility index (Phi) is 15.5. The Morgan fingerprint density at radius 2 is 1.35 bits per heavy atom. The summed E-state index contributed by atoms with van der Waals surface area (Å²) in [6.07, 6.45) is 11.3. The molecule has 0 atom stereocenters. The maximum atomic E-state index is 10.3. The van der Waals surface area contributed by atoms with E-state index in [1.807, 2.05) is 6.08 Å². The summed E-state index contributed by atoms with van der Waals surface area (Å²) in [6.45, 7) is 7.93. The molecule has 118 valence electrons. The molecule has 0 spiro atoms. The molecule has 0 aliphatic rings. The van der Waals surface area contributed by atoms with Crippen LogP contribution in [0, 0.1) is 0 Å². The van der Waals surface area contributed by atoms with Crippen LogP contribution in [0.25, 0.3) is 0 Å². The molecule has 0 saturated carbocycles. The van der Waals surface area contributed by atoms with Crippen LogP contribution in [0.4, 0.5) is 0 Å². The number of carboxylic acids is 1. The molecule has 0 rings (SSSR count). The van der Waals surface area contributed by atoms with Gasteiger partial charge in [0.2, 0.25) is 0 Å². The summed E-state index contributed by atoms with van der Waals surface area (Å²) in [5, 5.41) is 15.3. The summed E-state index contributed by atoms with van der Waals surface area (Å²) in [6, 6.07) is 0. The van der Waals surface area contributed by atoms with Crippen LogP contribution in [0.1, 0.15) is 57.8 Å². The minimum Gasteiger partial charge on any atom is -0.481 e. The van der Waals surface area contributed by atoms with Crippen molar-refractivity contribution in [2.75, 3.05) is 26.2 Å². The predicted molar refractivity (Wildman–Crippen MR) is 85.1 cm³/mol. The van der Waals surface area contributed by atoms with Crippen LogP contribution >= 0.6 is 0 Å². The van der Waals surface area contributed by atoms with Crippen LogP contribution in [0.2, 0.25) is 0 Å². The van der Waals surface area contributed by atoms with Gasteiger partial charge in [-0.3, -0.25) is 4.79 Å². The van der Waals surface area contributed by atoms with Gasteiger partial charge in [-0.25, -0.2) is 0 Å². The van der Waals surface area contributed by atoms with Crippen molar-refractivity contribution in [3.8, 4) is 0 Å². The fourth-order valence-electron chi connectivity index (χ4n) is 2.00.